The third-order valence-corrected chi connectivity index (χ3v) is 4.40. The highest BCUT2D eigenvalue weighted by Crippen LogP contribution is 2.09. The van der Waals surface area contributed by atoms with E-state index in [4.69, 9.17) is 0 Å². The zero-order valence-electron chi connectivity index (χ0n) is 14.2. The second-order valence-electron chi connectivity index (χ2n) is 6.33. The minimum atomic E-state index is 0.0609. The predicted octanol–water partition coefficient (Wildman–Crippen LogP) is 1.45. The molecule has 1 aromatic heterocycles. The summed E-state index contributed by atoms with van der Waals surface area (Å²) >= 11 is 0. The fourth-order valence-electron chi connectivity index (χ4n) is 2.89. The maximum absolute atomic E-state index is 12.2. The molecule has 6 nitrogen and oxygen atoms in total. The van der Waals surface area contributed by atoms with Crippen molar-refractivity contribution in [1.82, 2.24) is 19.4 Å². The van der Waals surface area contributed by atoms with Crippen LogP contribution in [0.25, 0.3) is 0 Å². The number of piperazine rings is 1. The molecule has 24 heavy (non-hydrogen) atoms. The maximum Gasteiger partial charge on any atom is 0.238 e. The molecule has 1 aliphatic heterocycles. The Bertz CT molecular complexity index is 630. The first-order valence-corrected chi connectivity index (χ1v) is 8.46. The number of aromatic nitrogens is 2. The Balaban J connectivity index is 1.37. The van der Waals surface area contributed by atoms with Gasteiger partial charge in [0.1, 0.15) is 0 Å². The van der Waals surface area contributed by atoms with Crippen molar-refractivity contribution in [3.05, 3.63) is 48.5 Å². The van der Waals surface area contributed by atoms with Gasteiger partial charge in [0, 0.05) is 57.3 Å². The molecule has 0 bridgehead atoms. The normalized spacial score (nSPS) is 16.2. The summed E-state index contributed by atoms with van der Waals surface area (Å²) in [5.74, 6) is 0.0609. The van der Waals surface area contributed by atoms with E-state index in [0.717, 1.165) is 45.0 Å². The van der Waals surface area contributed by atoms with E-state index in [1.54, 1.807) is 0 Å². The van der Waals surface area contributed by atoms with Gasteiger partial charge in [-0.05, 0) is 19.1 Å². The molecule has 0 unspecified atom stereocenters. The number of nitrogens with zero attached hydrogens (tertiary/aromatic N) is 4. The third-order valence-electron chi connectivity index (χ3n) is 4.40. The molecule has 1 fully saturated rings. The van der Waals surface area contributed by atoms with Crippen molar-refractivity contribution >= 4 is 11.6 Å². The lowest BCUT2D eigenvalue weighted by Crippen LogP contribution is -2.49. The van der Waals surface area contributed by atoms with Crippen LogP contribution in [-0.2, 0) is 11.3 Å². The predicted molar refractivity (Wildman–Crippen MR) is 94.9 cm³/mol. The van der Waals surface area contributed by atoms with Crippen molar-refractivity contribution in [2.24, 2.45) is 0 Å². The number of hydrogen-bond acceptors (Lipinski definition) is 4. The number of carbonyl (C=O) groups excluding carboxylic acids is 1. The quantitative estimate of drug-likeness (QED) is 0.872. The minimum absolute atomic E-state index is 0.0609. The summed E-state index contributed by atoms with van der Waals surface area (Å²) in [4.78, 5) is 20.9. The van der Waals surface area contributed by atoms with Crippen LogP contribution in [0.4, 0.5) is 5.69 Å². The zero-order chi connectivity index (χ0) is 16.8. The highest BCUT2D eigenvalue weighted by molar-refractivity contribution is 5.92. The smallest absolute Gasteiger partial charge is 0.238 e. The topological polar surface area (TPSA) is 53.4 Å². The van der Waals surface area contributed by atoms with Crippen molar-refractivity contribution in [2.75, 3.05) is 44.6 Å². The van der Waals surface area contributed by atoms with Crippen LogP contribution in [0.5, 0.6) is 0 Å². The summed E-state index contributed by atoms with van der Waals surface area (Å²) in [5, 5.41) is 2.97. The van der Waals surface area contributed by atoms with E-state index in [-0.39, 0.29) is 5.91 Å². The Morgan fingerprint density at radius 1 is 1.08 bits per heavy atom. The number of imidazole rings is 1. The number of rotatable bonds is 6. The second kappa shape index (κ2) is 8.08. The first-order chi connectivity index (χ1) is 11.7. The Morgan fingerprint density at radius 3 is 2.46 bits per heavy atom. The lowest BCUT2D eigenvalue weighted by molar-refractivity contribution is -0.117. The number of nitrogens with one attached hydrogen (secondary N) is 1. The van der Waals surface area contributed by atoms with Gasteiger partial charge in [0.05, 0.1) is 12.9 Å². The first kappa shape index (κ1) is 16.7. The van der Waals surface area contributed by atoms with Crippen LogP contribution in [0.2, 0.25) is 0 Å². The lowest BCUT2D eigenvalue weighted by Gasteiger charge is -2.34. The van der Waals surface area contributed by atoms with Crippen LogP contribution in [0.1, 0.15) is 5.56 Å². The standard InChI is InChI=1S/C18H25N5O/c1-16-2-4-17(5-3-16)20-18(24)14-22-11-8-21(9-12-22)10-13-23-7-6-19-15-23/h2-7,15H,8-14H2,1H3,(H,20,24). The van der Waals surface area contributed by atoms with Crippen LogP contribution in [0.3, 0.4) is 0 Å². The van der Waals surface area contributed by atoms with Crippen molar-refractivity contribution in [3.8, 4) is 0 Å². The molecule has 0 spiro atoms. The minimum Gasteiger partial charge on any atom is -0.336 e. The fourth-order valence-corrected chi connectivity index (χ4v) is 2.89. The van der Waals surface area contributed by atoms with Gasteiger partial charge in [0.15, 0.2) is 0 Å². The van der Waals surface area contributed by atoms with Gasteiger partial charge in [0.25, 0.3) is 0 Å². The molecular weight excluding hydrogens is 302 g/mol. The van der Waals surface area contributed by atoms with Gasteiger partial charge in [0.2, 0.25) is 5.91 Å². The molecule has 1 N–H and O–H groups in total. The average molecular weight is 327 g/mol. The molecule has 1 amide bonds. The van der Waals surface area contributed by atoms with Crippen molar-refractivity contribution in [3.63, 3.8) is 0 Å². The van der Waals surface area contributed by atoms with Gasteiger partial charge in [-0.25, -0.2) is 4.98 Å². The van der Waals surface area contributed by atoms with Gasteiger partial charge in [-0.1, -0.05) is 17.7 Å². The van der Waals surface area contributed by atoms with Crippen molar-refractivity contribution in [2.45, 2.75) is 13.5 Å². The van der Waals surface area contributed by atoms with Gasteiger partial charge < -0.3 is 9.88 Å². The van der Waals surface area contributed by atoms with Crippen LogP contribution in [0, 0.1) is 6.92 Å². The zero-order valence-corrected chi connectivity index (χ0v) is 14.2. The van der Waals surface area contributed by atoms with E-state index in [1.807, 2.05) is 49.9 Å². The summed E-state index contributed by atoms with van der Waals surface area (Å²) in [5.41, 5.74) is 2.06. The molecule has 1 aliphatic rings. The maximum atomic E-state index is 12.2. The fraction of sp³-hybridized carbons (Fsp3) is 0.444. The first-order valence-electron chi connectivity index (χ1n) is 8.46. The SMILES string of the molecule is Cc1ccc(NC(=O)CN2CCN(CCn3ccnc3)CC2)cc1. The van der Waals surface area contributed by atoms with Crippen molar-refractivity contribution in [1.29, 1.82) is 0 Å². The van der Waals surface area contributed by atoms with E-state index < -0.39 is 0 Å². The summed E-state index contributed by atoms with van der Waals surface area (Å²) in [6.07, 6.45) is 5.65. The van der Waals surface area contributed by atoms with E-state index in [1.165, 1.54) is 5.56 Å². The third kappa shape index (κ3) is 4.91. The number of amides is 1. The number of benzene rings is 1. The summed E-state index contributed by atoms with van der Waals surface area (Å²) < 4.78 is 2.10. The molecule has 6 heteroatoms. The van der Waals surface area contributed by atoms with E-state index in [0.29, 0.717) is 6.54 Å². The molecule has 0 radical (unpaired) electrons. The Morgan fingerprint density at radius 2 is 1.79 bits per heavy atom. The Kier molecular flexibility index (Phi) is 5.61. The van der Waals surface area contributed by atoms with Crippen LogP contribution < -0.4 is 5.32 Å². The van der Waals surface area contributed by atoms with E-state index in [9.17, 15) is 4.79 Å². The highest BCUT2D eigenvalue weighted by atomic mass is 16.2. The number of carbonyl (C=O) groups is 1. The Hall–Kier alpha value is -2.18. The largest absolute Gasteiger partial charge is 0.336 e. The molecule has 1 saturated heterocycles. The van der Waals surface area contributed by atoms with Gasteiger partial charge in [-0.15, -0.1) is 0 Å². The number of anilines is 1. The summed E-state index contributed by atoms with van der Waals surface area (Å²) in [6.45, 7) is 8.38. The number of aryl methyl sites for hydroxylation is 1. The van der Waals surface area contributed by atoms with Gasteiger partial charge in [-0.3, -0.25) is 14.6 Å². The molecule has 2 aromatic rings. The van der Waals surface area contributed by atoms with E-state index in [2.05, 4.69) is 24.7 Å². The van der Waals surface area contributed by atoms with Crippen molar-refractivity contribution < 1.29 is 4.79 Å². The molecule has 3 rings (SSSR count). The molecule has 0 aliphatic carbocycles. The van der Waals surface area contributed by atoms with E-state index >= 15 is 0 Å². The monoisotopic (exact) mass is 327 g/mol. The average Bonchev–Trinajstić information content (AvgIpc) is 3.10. The van der Waals surface area contributed by atoms with Crippen LogP contribution >= 0.6 is 0 Å². The molecule has 0 saturated carbocycles. The second-order valence-corrected chi connectivity index (χ2v) is 6.33. The summed E-state index contributed by atoms with van der Waals surface area (Å²) in [6, 6.07) is 7.91. The summed E-state index contributed by atoms with van der Waals surface area (Å²) in [7, 11) is 0. The van der Waals surface area contributed by atoms with Gasteiger partial charge >= 0.3 is 0 Å². The van der Waals surface area contributed by atoms with Crippen LogP contribution in [0.15, 0.2) is 43.0 Å². The Labute approximate surface area is 143 Å². The molecular formula is C18H25N5O. The molecule has 0 atom stereocenters. The molecule has 2 heterocycles. The molecule has 128 valence electrons. The molecule has 1 aromatic carbocycles. The lowest BCUT2D eigenvalue weighted by atomic mass is 10.2. The van der Waals surface area contributed by atoms with Gasteiger partial charge in [-0.2, -0.15) is 0 Å². The van der Waals surface area contributed by atoms with Crippen LogP contribution in [-0.4, -0.2) is 64.5 Å². The number of hydrogen-bond donors (Lipinski definition) is 1. The highest BCUT2D eigenvalue weighted by Gasteiger charge is 2.18.